The van der Waals surface area contributed by atoms with Crippen molar-refractivity contribution in [2.75, 3.05) is 0 Å². The molecule has 0 aliphatic rings. The fourth-order valence-corrected chi connectivity index (χ4v) is 1.55. The van der Waals surface area contributed by atoms with Gasteiger partial charge in [0.15, 0.2) is 0 Å². The van der Waals surface area contributed by atoms with E-state index in [4.69, 9.17) is 21.6 Å². The predicted octanol–water partition coefficient (Wildman–Crippen LogP) is 1.09. The van der Waals surface area contributed by atoms with Gasteiger partial charge >= 0.3 is 7.12 Å². The van der Waals surface area contributed by atoms with Crippen LogP contribution in [-0.4, -0.2) is 17.2 Å². The Kier molecular flexibility index (Phi) is 3.18. The highest BCUT2D eigenvalue weighted by Crippen LogP contribution is 2.24. The van der Waals surface area contributed by atoms with Crippen LogP contribution in [0.1, 0.15) is 5.56 Å². The van der Waals surface area contributed by atoms with E-state index in [0.717, 1.165) is 4.47 Å². The number of halogens is 2. The van der Waals surface area contributed by atoms with Crippen LogP contribution in [0.2, 0.25) is 5.02 Å². The molecule has 5 heteroatoms. The van der Waals surface area contributed by atoms with E-state index in [1.165, 1.54) is 0 Å². The normalized spacial score (nSPS) is 10.1. The Hall–Kier alpha value is -0.0251. The highest BCUT2D eigenvalue weighted by atomic mass is 79.9. The highest BCUT2D eigenvalue weighted by molar-refractivity contribution is 9.10. The molecule has 0 saturated heterocycles. The Labute approximate surface area is 84.4 Å². The molecule has 1 rings (SSSR count). The van der Waals surface area contributed by atoms with E-state index in [1.54, 1.807) is 19.1 Å². The van der Waals surface area contributed by atoms with Crippen molar-refractivity contribution in [3.63, 3.8) is 0 Å². The van der Waals surface area contributed by atoms with Gasteiger partial charge in [0, 0.05) is 4.47 Å². The summed E-state index contributed by atoms with van der Waals surface area (Å²) in [6.07, 6.45) is 0. The van der Waals surface area contributed by atoms with Gasteiger partial charge in [0.2, 0.25) is 0 Å². The Morgan fingerprint density at radius 3 is 2.50 bits per heavy atom. The molecule has 0 aromatic heterocycles. The third-order valence-electron chi connectivity index (χ3n) is 1.66. The van der Waals surface area contributed by atoms with Gasteiger partial charge in [0.05, 0.1) is 5.02 Å². The maximum Gasteiger partial charge on any atom is 0.488 e. The first kappa shape index (κ1) is 10.1. The molecule has 0 heterocycles. The third-order valence-corrected chi connectivity index (χ3v) is 3.04. The molecular weight excluding hydrogens is 242 g/mol. The number of hydrogen-bond donors (Lipinski definition) is 2. The van der Waals surface area contributed by atoms with E-state index in [-0.39, 0.29) is 0 Å². The summed E-state index contributed by atoms with van der Waals surface area (Å²) in [6.45, 7) is 1.74. The van der Waals surface area contributed by atoms with Gasteiger partial charge in [-0.3, -0.25) is 0 Å². The van der Waals surface area contributed by atoms with E-state index in [1.807, 2.05) is 0 Å². The number of benzene rings is 1. The monoisotopic (exact) mass is 248 g/mol. The van der Waals surface area contributed by atoms with Crippen molar-refractivity contribution in [1.29, 1.82) is 0 Å². The van der Waals surface area contributed by atoms with Crippen LogP contribution in [0, 0.1) is 6.92 Å². The van der Waals surface area contributed by atoms with Gasteiger partial charge in [-0.05, 0) is 39.9 Å². The summed E-state index contributed by atoms with van der Waals surface area (Å²) in [6, 6.07) is 3.31. The van der Waals surface area contributed by atoms with Crippen LogP contribution < -0.4 is 5.46 Å². The van der Waals surface area contributed by atoms with Crippen LogP contribution in [0.5, 0.6) is 0 Å². The lowest BCUT2D eigenvalue weighted by Gasteiger charge is -2.07. The SMILES string of the molecule is Cc1c(B(O)O)ccc(Br)c1Cl. The zero-order valence-electron chi connectivity index (χ0n) is 6.38. The molecule has 0 unspecified atom stereocenters. The lowest BCUT2D eigenvalue weighted by Crippen LogP contribution is -2.32. The Morgan fingerprint density at radius 2 is 2.00 bits per heavy atom. The van der Waals surface area contributed by atoms with Crippen molar-refractivity contribution < 1.29 is 10.0 Å². The second kappa shape index (κ2) is 3.79. The van der Waals surface area contributed by atoms with Crippen LogP contribution >= 0.6 is 27.5 Å². The second-order valence-electron chi connectivity index (χ2n) is 2.45. The fraction of sp³-hybridized carbons (Fsp3) is 0.143. The van der Waals surface area contributed by atoms with Gasteiger partial charge in [-0.25, -0.2) is 0 Å². The zero-order chi connectivity index (χ0) is 9.30. The smallest absolute Gasteiger partial charge is 0.423 e. The molecule has 2 nitrogen and oxygen atoms in total. The molecule has 0 saturated carbocycles. The molecule has 0 spiro atoms. The maximum atomic E-state index is 8.90. The minimum atomic E-state index is -1.46. The Morgan fingerprint density at radius 1 is 1.42 bits per heavy atom. The van der Waals surface area contributed by atoms with Crippen LogP contribution in [-0.2, 0) is 0 Å². The molecule has 0 amide bonds. The van der Waals surface area contributed by atoms with Gasteiger partial charge in [0.25, 0.3) is 0 Å². The van der Waals surface area contributed by atoms with Crippen LogP contribution in [0.25, 0.3) is 0 Å². The molecule has 0 radical (unpaired) electrons. The van der Waals surface area contributed by atoms with Gasteiger partial charge in [-0.15, -0.1) is 0 Å². The summed E-state index contributed by atoms with van der Waals surface area (Å²) in [5.41, 5.74) is 1.12. The quantitative estimate of drug-likeness (QED) is 0.731. The zero-order valence-corrected chi connectivity index (χ0v) is 8.72. The van der Waals surface area contributed by atoms with Crippen molar-refractivity contribution >= 4 is 40.1 Å². The third kappa shape index (κ3) is 1.83. The lowest BCUT2D eigenvalue weighted by molar-refractivity contribution is 0.425. The standard InChI is InChI=1S/C7H7BBrClO2/c1-4-5(8(11)12)2-3-6(9)7(4)10/h2-3,11-12H,1H3. The summed E-state index contributed by atoms with van der Waals surface area (Å²) in [7, 11) is -1.46. The highest BCUT2D eigenvalue weighted by Gasteiger charge is 2.16. The predicted molar refractivity (Wildman–Crippen MR) is 53.7 cm³/mol. The van der Waals surface area contributed by atoms with E-state index in [2.05, 4.69) is 15.9 Å². The molecule has 64 valence electrons. The summed E-state index contributed by atoms with van der Waals surface area (Å²) in [4.78, 5) is 0. The van der Waals surface area contributed by atoms with Crippen molar-refractivity contribution in [2.45, 2.75) is 6.92 Å². The fourth-order valence-electron chi connectivity index (χ4n) is 0.947. The molecule has 1 aromatic carbocycles. The van der Waals surface area contributed by atoms with Crippen LogP contribution in [0.4, 0.5) is 0 Å². The summed E-state index contributed by atoms with van der Waals surface area (Å²) < 4.78 is 0.756. The molecule has 12 heavy (non-hydrogen) atoms. The van der Waals surface area contributed by atoms with Gasteiger partial charge in [-0.2, -0.15) is 0 Å². The van der Waals surface area contributed by atoms with Gasteiger partial charge < -0.3 is 10.0 Å². The Balaban J connectivity index is 3.27. The van der Waals surface area contributed by atoms with Crippen molar-refractivity contribution in [2.24, 2.45) is 0 Å². The minimum Gasteiger partial charge on any atom is -0.423 e. The molecule has 0 fully saturated rings. The largest absolute Gasteiger partial charge is 0.488 e. The maximum absolute atomic E-state index is 8.90. The summed E-state index contributed by atoms with van der Waals surface area (Å²) >= 11 is 9.09. The first-order valence-corrected chi connectivity index (χ1v) is 4.51. The number of rotatable bonds is 1. The van der Waals surface area contributed by atoms with Crippen molar-refractivity contribution in [3.8, 4) is 0 Å². The first-order valence-electron chi connectivity index (χ1n) is 3.34. The van der Waals surface area contributed by atoms with E-state index >= 15 is 0 Å². The average Bonchev–Trinajstić information content (AvgIpc) is 2.00. The van der Waals surface area contributed by atoms with Crippen molar-refractivity contribution in [3.05, 3.63) is 27.2 Å². The molecule has 0 aliphatic carbocycles. The molecule has 2 N–H and O–H groups in total. The van der Waals surface area contributed by atoms with Crippen molar-refractivity contribution in [1.82, 2.24) is 0 Å². The minimum absolute atomic E-state index is 0.434. The molecule has 0 aliphatic heterocycles. The summed E-state index contributed by atoms with van der Waals surface area (Å²) in [5, 5.41) is 18.3. The Bertz CT molecular complexity index is 304. The van der Waals surface area contributed by atoms with E-state index < -0.39 is 7.12 Å². The lowest BCUT2D eigenvalue weighted by atomic mass is 9.77. The topological polar surface area (TPSA) is 40.5 Å². The van der Waals surface area contributed by atoms with Crippen LogP contribution in [0.3, 0.4) is 0 Å². The molecular formula is C7H7BBrClO2. The number of hydrogen-bond acceptors (Lipinski definition) is 2. The van der Waals surface area contributed by atoms with Crippen LogP contribution in [0.15, 0.2) is 16.6 Å². The van der Waals surface area contributed by atoms with Gasteiger partial charge in [0.1, 0.15) is 0 Å². The average molecular weight is 249 g/mol. The van der Waals surface area contributed by atoms with Gasteiger partial charge in [-0.1, -0.05) is 17.7 Å². The summed E-state index contributed by atoms with van der Waals surface area (Å²) in [5.74, 6) is 0. The molecule has 1 aromatic rings. The van der Waals surface area contributed by atoms with E-state index in [0.29, 0.717) is 16.0 Å². The molecule has 0 atom stereocenters. The second-order valence-corrected chi connectivity index (χ2v) is 3.68. The van der Waals surface area contributed by atoms with E-state index in [9.17, 15) is 0 Å². The molecule has 0 bridgehead atoms. The first-order chi connectivity index (χ1) is 5.54.